The van der Waals surface area contributed by atoms with Crippen LogP contribution in [0.25, 0.3) is 0 Å². The Hall–Kier alpha value is -5.59. The van der Waals surface area contributed by atoms with E-state index in [9.17, 15) is 24.0 Å². The van der Waals surface area contributed by atoms with E-state index in [4.69, 9.17) is 21.6 Å². The lowest BCUT2D eigenvalue weighted by Crippen LogP contribution is -2.54. The van der Waals surface area contributed by atoms with E-state index in [1.807, 2.05) is 4.90 Å². The second-order valence-electron chi connectivity index (χ2n) is 14.6. The van der Waals surface area contributed by atoms with E-state index in [1.165, 1.54) is 0 Å². The quantitative estimate of drug-likeness (QED) is 0.228. The number of benzene rings is 2. The van der Waals surface area contributed by atoms with Crippen LogP contribution >= 0.6 is 11.6 Å². The van der Waals surface area contributed by atoms with E-state index in [-0.39, 0.29) is 48.1 Å². The summed E-state index contributed by atoms with van der Waals surface area (Å²) in [7, 11) is 0. The van der Waals surface area contributed by atoms with E-state index in [0.717, 1.165) is 69.7 Å². The highest BCUT2D eigenvalue weighted by Crippen LogP contribution is 2.39. The number of carbonyl (C=O) groups is 5. The van der Waals surface area contributed by atoms with Gasteiger partial charge in [0.1, 0.15) is 24.0 Å². The lowest BCUT2D eigenvalue weighted by atomic mass is 9.98. The molecule has 1 aromatic heterocycles. The van der Waals surface area contributed by atoms with Crippen molar-refractivity contribution >= 4 is 52.8 Å². The highest BCUT2D eigenvalue weighted by atomic mass is 35.5. The van der Waals surface area contributed by atoms with Crippen LogP contribution in [0.15, 0.2) is 48.8 Å². The molecule has 2 N–H and O–H groups in total. The zero-order valence-electron chi connectivity index (χ0n) is 30.1. The first-order chi connectivity index (χ1) is 26.7. The van der Waals surface area contributed by atoms with E-state index in [0.29, 0.717) is 40.1 Å². The minimum absolute atomic E-state index is 0.0405. The molecular weight excluding hydrogens is 726 g/mol. The molecule has 5 amide bonds. The number of rotatable bonds is 10. The molecule has 3 unspecified atom stereocenters. The fourth-order valence-corrected chi connectivity index (χ4v) is 8.72. The number of amides is 5. The van der Waals surface area contributed by atoms with Crippen LogP contribution < -0.4 is 20.3 Å². The summed E-state index contributed by atoms with van der Waals surface area (Å²) >= 11 is 6.20. The van der Waals surface area contributed by atoms with Crippen LogP contribution in [0.3, 0.4) is 0 Å². The van der Waals surface area contributed by atoms with Gasteiger partial charge in [-0.05, 0) is 56.5 Å². The standard InChI is InChI=1S/C39H40ClN9O6/c40-30-19-27(8-5-23(30)20-41)55-28-17-25-6-7-26(18-28)48(25)36(52)24-21-43-39(44-22-24)47-15-13-46(14-16-47)12-2-11-42-31-4-1-3-29-34(31)38(54)49(37(29)53)32-9-10-33(50)45-35(32)51/h1,3-5,8,19,21-22,25-26,28,32,42H,2,6-7,9-18H2,(H,45,50,51). The molecule has 3 aromatic rings. The molecule has 8 rings (SSSR count). The molecule has 0 aliphatic carbocycles. The number of piperidine rings is 2. The van der Waals surface area contributed by atoms with Crippen molar-refractivity contribution in [3.63, 3.8) is 0 Å². The second-order valence-corrected chi connectivity index (χ2v) is 15.0. The Kier molecular flexibility index (Phi) is 10.1. The molecule has 15 nitrogen and oxygen atoms in total. The number of hydrogen-bond acceptors (Lipinski definition) is 12. The SMILES string of the molecule is N#Cc1ccc(OC2CC3CCC(C2)N3C(=O)c2cnc(N3CCN(CCCNc4cccc5c4C(=O)N(C4CCC(=O)NC4=O)C5=O)CC3)nc2)cc1Cl. The van der Waals surface area contributed by atoms with Gasteiger partial charge in [0.2, 0.25) is 17.8 Å². The average Bonchev–Trinajstić information content (AvgIpc) is 3.61. The van der Waals surface area contributed by atoms with Gasteiger partial charge in [-0.1, -0.05) is 17.7 Å². The van der Waals surface area contributed by atoms with Gasteiger partial charge in [0.25, 0.3) is 17.7 Å². The molecule has 2 bridgehead atoms. The molecule has 284 valence electrons. The van der Waals surface area contributed by atoms with Gasteiger partial charge in [-0.3, -0.25) is 39.1 Å². The summed E-state index contributed by atoms with van der Waals surface area (Å²) in [6.07, 6.45) is 7.49. The topological polar surface area (TPSA) is 181 Å². The highest BCUT2D eigenvalue weighted by molar-refractivity contribution is 6.31. The molecule has 6 heterocycles. The molecule has 4 saturated heterocycles. The van der Waals surface area contributed by atoms with Crippen LogP contribution in [0.2, 0.25) is 5.02 Å². The minimum Gasteiger partial charge on any atom is -0.490 e. The number of aromatic nitrogens is 2. The van der Waals surface area contributed by atoms with Gasteiger partial charge < -0.3 is 19.9 Å². The van der Waals surface area contributed by atoms with Crippen molar-refractivity contribution in [1.29, 1.82) is 5.26 Å². The normalized spacial score (nSPS) is 23.7. The zero-order chi connectivity index (χ0) is 38.2. The third-order valence-corrected chi connectivity index (χ3v) is 11.6. The van der Waals surface area contributed by atoms with Crippen molar-refractivity contribution in [3.8, 4) is 11.8 Å². The van der Waals surface area contributed by atoms with Crippen LogP contribution in [0.5, 0.6) is 5.75 Å². The Morgan fingerprint density at radius 2 is 1.73 bits per heavy atom. The number of nitrogens with zero attached hydrogens (tertiary/aromatic N) is 7. The maximum Gasteiger partial charge on any atom is 0.264 e. The summed E-state index contributed by atoms with van der Waals surface area (Å²) < 4.78 is 6.22. The molecule has 5 aliphatic rings. The molecule has 5 aliphatic heterocycles. The maximum absolute atomic E-state index is 13.6. The number of nitriles is 1. The number of fused-ring (bicyclic) bond motifs is 3. The Balaban J connectivity index is 0.789. The summed E-state index contributed by atoms with van der Waals surface area (Å²) in [4.78, 5) is 80.8. The molecule has 2 aromatic carbocycles. The van der Waals surface area contributed by atoms with Gasteiger partial charge in [-0.25, -0.2) is 9.97 Å². The fourth-order valence-electron chi connectivity index (χ4n) is 8.51. The molecule has 4 fully saturated rings. The highest BCUT2D eigenvalue weighted by Gasteiger charge is 2.46. The number of imide groups is 2. The van der Waals surface area contributed by atoms with Gasteiger partial charge in [0, 0.05) is 88.2 Å². The number of halogens is 1. The largest absolute Gasteiger partial charge is 0.490 e. The summed E-state index contributed by atoms with van der Waals surface area (Å²) in [6.45, 7) is 4.50. The molecule has 16 heteroatoms. The maximum atomic E-state index is 13.6. The van der Waals surface area contributed by atoms with E-state index < -0.39 is 29.7 Å². The van der Waals surface area contributed by atoms with Crippen LogP contribution in [-0.4, -0.2) is 118 Å². The van der Waals surface area contributed by atoms with Gasteiger partial charge >= 0.3 is 0 Å². The lowest BCUT2D eigenvalue weighted by molar-refractivity contribution is -0.136. The van der Waals surface area contributed by atoms with Gasteiger partial charge in [0.15, 0.2) is 0 Å². The van der Waals surface area contributed by atoms with Gasteiger partial charge in [0.05, 0.1) is 27.3 Å². The summed E-state index contributed by atoms with van der Waals surface area (Å²) in [6, 6.07) is 11.4. The number of piperazine rings is 1. The van der Waals surface area contributed by atoms with Crippen molar-refractivity contribution in [1.82, 2.24) is 30.0 Å². The summed E-state index contributed by atoms with van der Waals surface area (Å²) in [5.41, 5.74) is 1.94. The molecule has 55 heavy (non-hydrogen) atoms. The number of hydrogen-bond donors (Lipinski definition) is 2. The van der Waals surface area contributed by atoms with Gasteiger partial charge in [-0.2, -0.15) is 5.26 Å². The average molecular weight is 766 g/mol. The summed E-state index contributed by atoms with van der Waals surface area (Å²) in [5, 5.41) is 15.1. The molecule has 0 saturated carbocycles. The van der Waals surface area contributed by atoms with Crippen LogP contribution in [0.4, 0.5) is 11.6 Å². The third-order valence-electron chi connectivity index (χ3n) is 11.3. The van der Waals surface area contributed by atoms with Crippen molar-refractivity contribution in [2.45, 2.75) is 69.2 Å². The molecule has 0 radical (unpaired) electrons. The Bertz CT molecular complexity index is 2070. The molecule has 0 spiro atoms. The Morgan fingerprint density at radius 1 is 0.982 bits per heavy atom. The predicted molar refractivity (Wildman–Crippen MR) is 200 cm³/mol. The Labute approximate surface area is 322 Å². The first kappa shape index (κ1) is 36.4. The van der Waals surface area contributed by atoms with Crippen molar-refractivity contribution in [2.24, 2.45) is 0 Å². The zero-order valence-corrected chi connectivity index (χ0v) is 30.8. The van der Waals surface area contributed by atoms with Crippen LogP contribution in [-0.2, 0) is 9.59 Å². The minimum atomic E-state index is -1.00. The molecule has 3 atom stereocenters. The van der Waals surface area contributed by atoms with Crippen LogP contribution in [0, 0.1) is 11.3 Å². The van der Waals surface area contributed by atoms with E-state index in [2.05, 4.69) is 36.5 Å². The van der Waals surface area contributed by atoms with Gasteiger partial charge in [-0.15, -0.1) is 0 Å². The van der Waals surface area contributed by atoms with E-state index in [1.54, 1.807) is 48.8 Å². The van der Waals surface area contributed by atoms with Crippen molar-refractivity contribution in [3.05, 3.63) is 76.1 Å². The van der Waals surface area contributed by atoms with Crippen molar-refractivity contribution in [2.75, 3.05) is 49.5 Å². The van der Waals surface area contributed by atoms with Crippen LogP contribution in [0.1, 0.15) is 81.6 Å². The Morgan fingerprint density at radius 3 is 2.42 bits per heavy atom. The van der Waals surface area contributed by atoms with Crippen molar-refractivity contribution < 1.29 is 28.7 Å². The number of nitrogens with one attached hydrogen (secondary N) is 2. The first-order valence-electron chi connectivity index (χ1n) is 18.7. The first-order valence-corrected chi connectivity index (χ1v) is 19.1. The summed E-state index contributed by atoms with van der Waals surface area (Å²) in [5.74, 6) is -0.926. The van der Waals surface area contributed by atoms with E-state index >= 15 is 0 Å². The number of carbonyl (C=O) groups excluding carboxylic acids is 5. The second kappa shape index (κ2) is 15.3. The molecular formula is C39H40ClN9O6. The number of ether oxygens (including phenoxy) is 1. The smallest absolute Gasteiger partial charge is 0.264 e. The fraction of sp³-hybridized carbons (Fsp3) is 0.436. The predicted octanol–water partition coefficient (Wildman–Crippen LogP) is 3.24. The lowest BCUT2D eigenvalue weighted by Gasteiger charge is -2.39. The number of anilines is 2. The third kappa shape index (κ3) is 7.19. The monoisotopic (exact) mass is 765 g/mol.